The molecule has 0 aliphatic rings. The molecule has 0 aliphatic carbocycles. The second-order valence-electron chi connectivity index (χ2n) is 5.08. The van der Waals surface area contributed by atoms with Gasteiger partial charge in [-0.3, -0.25) is 4.79 Å². The maximum atomic E-state index is 11.9. The summed E-state index contributed by atoms with van der Waals surface area (Å²) in [6.07, 6.45) is 1.57. The first-order valence-electron chi connectivity index (χ1n) is 7.34. The van der Waals surface area contributed by atoms with Gasteiger partial charge >= 0.3 is 6.03 Å². The molecule has 3 amide bonds. The number of urea groups is 1. The number of amides is 3. The Morgan fingerprint density at radius 1 is 1.22 bits per heavy atom. The summed E-state index contributed by atoms with van der Waals surface area (Å²) in [6, 6.07) is 5.08. The second-order valence-corrected chi connectivity index (χ2v) is 5.08. The lowest BCUT2D eigenvalue weighted by molar-refractivity contribution is -0.119. The summed E-state index contributed by atoms with van der Waals surface area (Å²) in [5, 5.41) is 7.84. The molecule has 2 aromatic rings. The molecule has 23 heavy (non-hydrogen) atoms. The molecule has 0 bridgehead atoms. The maximum absolute atomic E-state index is 11.9. The molecule has 0 unspecified atom stereocenters. The number of nitrogens with one attached hydrogen (secondary N) is 3. The van der Waals surface area contributed by atoms with Gasteiger partial charge in [-0.25, -0.2) is 9.78 Å². The van der Waals surface area contributed by atoms with Crippen molar-refractivity contribution in [2.45, 2.75) is 20.8 Å². The first kappa shape index (κ1) is 16.5. The van der Waals surface area contributed by atoms with Crippen molar-refractivity contribution in [1.82, 2.24) is 15.6 Å². The zero-order valence-electron chi connectivity index (χ0n) is 13.4. The van der Waals surface area contributed by atoms with Crippen molar-refractivity contribution in [3.63, 3.8) is 0 Å². The van der Waals surface area contributed by atoms with Crippen molar-refractivity contribution in [2.75, 3.05) is 18.4 Å². The number of likely N-dealkylation sites (N-methyl/N-ethyl adjacent to an activating group) is 1. The summed E-state index contributed by atoms with van der Waals surface area (Å²) < 4.78 is 5.36. The van der Waals surface area contributed by atoms with E-state index in [0.717, 1.165) is 16.8 Å². The lowest BCUT2D eigenvalue weighted by Gasteiger charge is -2.10. The molecular weight excluding hydrogens is 296 g/mol. The van der Waals surface area contributed by atoms with Crippen LogP contribution in [0, 0.1) is 13.8 Å². The van der Waals surface area contributed by atoms with Gasteiger partial charge < -0.3 is 20.4 Å². The van der Waals surface area contributed by atoms with Gasteiger partial charge in [-0.1, -0.05) is 6.07 Å². The minimum atomic E-state index is -0.444. The van der Waals surface area contributed by atoms with Gasteiger partial charge in [-0.15, -0.1) is 0 Å². The van der Waals surface area contributed by atoms with E-state index in [4.69, 9.17) is 4.42 Å². The number of carbonyl (C=O) groups is 2. The van der Waals surface area contributed by atoms with E-state index in [1.807, 2.05) is 32.9 Å². The number of hydrogen-bond acceptors (Lipinski definition) is 4. The molecule has 0 aliphatic heterocycles. The Morgan fingerprint density at radius 2 is 2.00 bits per heavy atom. The van der Waals surface area contributed by atoms with E-state index in [9.17, 15) is 9.59 Å². The van der Waals surface area contributed by atoms with Crippen LogP contribution >= 0.6 is 0 Å². The number of nitrogens with zero attached hydrogens (tertiary/aromatic N) is 1. The Morgan fingerprint density at radius 3 is 2.65 bits per heavy atom. The number of carbonyl (C=O) groups excluding carboxylic acids is 2. The molecular formula is C16H20N4O3. The van der Waals surface area contributed by atoms with Crippen LogP contribution in [0.1, 0.15) is 18.2 Å². The molecule has 3 N–H and O–H groups in total. The van der Waals surface area contributed by atoms with Crippen LogP contribution in [0.3, 0.4) is 0 Å². The Kier molecular flexibility index (Phi) is 5.35. The predicted molar refractivity (Wildman–Crippen MR) is 87.1 cm³/mol. The monoisotopic (exact) mass is 316 g/mol. The Balaban J connectivity index is 2.04. The molecule has 0 radical (unpaired) electrons. The molecule has 7 heteroatoms. The lowest BCUT2D eigenvalue weighted by Crippen LogP contribution is -2.38. The van der Waals surface area contributed by atoms with E-state index in [1.54, 1.807) is 12.3 Å². The summed E-state index contributed by atoms with van der Waals surface area (Å²) in [7, 11) is 0. The summed E-state index contributed by atoms with van der Waals surface area (Å²) in [6.45, 7) is 5.99. The van der Waals surface area contributed by atoms with E-state index in [1.165, 1.54) is 0 Å². The van der Waals surface area contributed by atoms with Crippen LogP contribution in [-0.2, 0) is 4.79 Å². The topological polar surface area (TPSA) is 96.3 Å². The van der Waals surface area contributed by atoms with Gasteiger partial charge in [-0.2, -0.15) is 0 Å². The van der Waals surface area contributed by atoms with E-state index >= 15 is 0 Å². The number of hydrogen-bond donors (Lipinski definition) is 3. The van der Waals surface area contributed by atoms with Gasteiger partial charge in [0, 0.05) is 17.8 Å². The summed E-state index contributed by atoms with van der Waals surface area (Å²) >= 11 is 0. The van der Waals surface area contributed by atoms with Crippen LogP contribution < -0.4 is 16.0 Å². The molecule has 0 fully saturated rings. The van der Waals surface area contributed by atoms with Crippen LogP contribution in [0.4, 0.5) is 10.5 Å². The zero-order chi connectivity index (χ0) is 16.8. The lowest BCUT2D eigenvalue weighted by atomic mass is 10.1. The number of anilines is 1. The molecule has 0 spiro atoms. The van der Waals surface area contributed by atoms with Crippen molar-refractivity contribution in [1.29, 1.82) is 0 Å². The van der Waals surface area contributed by atoms with Gasteiger partial charge in [0.2, 0.25) is 11.8 Å². The average molecular weight is 316 g/mol. The predicted octanol–water partition coefficient (Wildman–Crippen LogP) is 2.22. The first-order chi connectivity index (χ1) is 11.0. The first-order valence-corrected chi connectivity index (χ1v) is 7.34. The maximum Gasteiger partial charge on any atom is 0.319 e. The highest BCUT2D eigenvalue weighted by Crippen LogP contribution is 2.24. The van der Waals surface area contributed by atoms with Gasteiger partial charge in [0.25, 0.3) is 0 Å². The molecule has 122 valence electrons. The molecule has 0 saturated carbocycles. The van der Waals surface area contributed by atoms with Crippen LogP contribution in [-0.4, -0.2) is 30.0 Å². The third-order valence-corrected chi connectivity index (χ3v) is 3.14. The highest BCUT2D eigenvalue weighted by Gasteiger charge is 2.10. The van der Waals surface area contributed by atoms with Gasteiger partial charge in [-0.05, 0) is 38.5 Å². The molecule has 2 rings (SSSR count). The molecule has 1 aromatic carbocycles. The van der Waals surface area contributed by atoms with Crippen molar-refractivity contribution in [3.8, 4) is 11.5 Å². The Hall–Kier alpha value is -2.83. The van der Waals surface area contributed by atoms with E-state index in [0.29, 0.717) is 18.1 Å². The molecule has 0 atom stereocenters. The highest BCUT2D eigenvalue weighted by atomic mass is 16.3. The molecule has 1 aromatic heterocycles. The summed E-state index contributed by atoms with van der Waals surface area (Å²) in [4.78, 5) is 27.5. The normalized spacial score (nSPS) is 10.2. The van der Waals surface area contributed by atoms with E-state index < -0.39 is 6.03 Å². The SMILES string of the molecule is CCNC(=O)CNC(=O)Nc1cc(-c2nc(C)co2)ccc1C. The fourth-order valence-electron chi connectivity index (χ4n) is 1.96. The van der Waals surface area contributed by atoms with Crippen molar-refractivity contribution in [2.24, 2.45) is 0 Å². The number of aromatic nitrogens is 1. The summed E-state index contributed by atoms with van der Waals surface area (Å²) in [5.74, 6) is 0.261. The standard InChI is InChI=1S/C16H20N4O3/c1-4-17-14(21)8-18-16(22)20-13-7-12(6-5-10(13)2)15-19-11(3)9-23-15/h5-7,9H,4,8H2,1-3H3,(H,17,21)(H2,18,20,22). The minimum Gasteiger partial charge on any atom is -0.444 e. The van der Waals surface area contributed by atoms with E-state index in [-0.39, 0.29) is 12.5 Å². The van der Waals surface area contributed by atoms with Crippen LogP contribution in [0.25, 0.3) is 11.5 Å². The largest absolute Gasteiger partial charge is 0.444 e. The third-order valence-electron chi connectivity index (χ3n) is 3.14. The van der Waals surface area contributed by atoms with Gasteiger partial charge in [0.15, 0.2) is 0 Å². The number of oxazole rings is 1. The van der Waals surface area contributed by atoms with Gasteiger partial charge in [0.05, 0.1) is 12.2 Å². The minimum absolute atomic E-state index is 0.0721. The van der Waals surface area contributed by atoms with Gasteiger partial charge in [0.1, 0.15) is 6.26 Å². The number of aryl methyl sites for hydroxylation is 2. The van der Waals surface area contributed by atoms with Crippen LogP contribution in [0.15, 0.2) is 28.9 Å². The number of benzene rings is 1. The number of rotatable bonds is 5. The molecule has 0 saturated heterocycles. The summed E-state index contributed by atoms with van der Waals surface area (Å²) in [5.41, 5.74) is 3.08. The smallest absolute Gasteiger partial charge is 0.319 e. The van der Waals surface area contributed by atoms with Crippen molar-refractivity contribution in [3.05, 3.63) is 35.7 Å². The molecule has 7 nitrogen and oxygen atoms in total. The van der Waals surface area contributed by atoms with E-state index in [2.05, 4.69) is 20.9 Å². The van der Waals surface area contributed by atoms with Crippen molar-refractivity contribution >= 4 is 17.6 Å². The fraction of sp³-hybridized carbons (Fsp3) is 0.312. The highest BCUT2D eigenvalue weighted by molar-refractivity contribution is 5.93. The average Bonchev–Trinajstić information content (AvgIpc) is 2.94. The Labute approximate surface area is 134 Å². The molecule has 1 heterocycles. The van der Waals surface area contributed by atoms with Crippen LogP contribution in [0.2, 0.25) is 0 Å². The quantitative estimate of drug-likeness (QED) is 0.788. The van der Waals surface area contributed by atoms with Crippen molar-refractivity contribution < 1.29 is 14.0 Å². The zero-order valence-corrected chi connectivity index (χ0v) is 13.4. The second kappa shape index (κ2) is 7.44. The Bertz CT molecular complexity index is 709. The van der Waals surface area contributed by atoms with Crippen LogP contribution in [0.5, 0.6) is 0 Å². The fourth-order valence-corrected chi connectivity index (χ4v) is 1.96. The third kappa shape index (κ3) is 4.57.